The summed E-state index contributed by atoms with van der Waals surface area (Å²) in [4.78, 5) is 66.0. The number of aromatic nitrogens is 4. The Bertz CT molecular complexity index is 1540. The second-order valence-electron chi connectivity index (χ2n) is 9.92. The van der Waals surface area contributed by atoms with Crippen LogP contribution in [-0.4, -0.2) is 67.0 Å². The number of H-pyrrole nitrogens is 1. The van der Waals surface area contributed by atoms with Gasteiger partial charge in [-0.25, -0.2) is 14.3 Å². The van der Waals surface area contributed by atoms with Crippen molar-refractivity contribution < 1.29 is 19.1 Å². The van der Waals surface area contributed by atoms with Gasteiger partial charge in [0.2, 0.25) is 11.3 Å². The molecular formula is C27H35N7O6. The molecule has 3 aromatic rings. The number of carbonyl (C=O) groups excluding carboxylic acids is 3. The van der Waals surface area contributed by atoms with Crippen molar-refractivity contribution >= 4 is 23.4 Å². The highest BCUT2D eigenvalue weighted by atomic mass is 16.5. The minimum absolute atomic E-state index is 0.0258. The highest BCUT2D eigenvalue weighted by Gasteiger charge is 2.32. The number of unbranched alkanes of at least 4 members (excludes halogenated alkanes) is 1. The van der Waals surface area contributed by atoms with Crippen LogP contribution in [0.25, 0.3) is 5.65 Å². The predicted octanol–water partition coefficient (Wildman–Crippen LogP) is 1.05. The average molecular weight is 554 g/mol. The van der Waals surface area contributed by atoms with Gasteiger partial charge >= 0.3 is 5.69 Å². The van der Waals surface area contributed by atoms with E-state index in [4.69, 9.17) is 4.74 Å². The smallest absolute Gasteiger partial charge is 0.347 e. The molecule has 1 atom stereocenters. The van der Waals surface area contributed by atoms with Crippen LogP contribution in [0.4, 0.5) is 0 Å². The molecule has 0 fully saturated rings. The Kier molecular flexibility index (Phi) is 8.70. The number of amides is 3. The summed E-state index contributed by atoms with van der Waals surface area (Å²) in [5.74, 6) is -1.28. The third-order valence-electron chi connectivity index (χ3n) is 6.91. The summed E-state index contributed by atoms with van der Waals surface area (Å²) in [7, 11) is 0. The lowest BCUT2D eigenvalue weighted by Gasteiger charge is -2.35. The first-order valence-corrected chi connectivity index (χ1v) is 13.5. The van der Waals surface area contributed by atoms with Crippen molar-refractivity contribution in [3.63, 3.8) is 0 Å². The fourth-order valence-electron chi connectivity index (χ4n) is 4.69. The van der Waals surface area contributed by atoms with E-state index in [1.165, 1.54) is 28.8 Å². The summed E-state index contributed by atoms with van der Waals surface area (Å²) >= 11 is 0. The van der Waals surface area contributed by atoms with Gasteiger partial charge in [-0.1, -0.05) is 20.3 Å². The van der Waals surface area contributed by atoms with Crippen LogP contribution in [0.3, 0.4) is 0 Å². The molecule has 0 radical (unpaired) electrons. The number of nitrogens with zero attached hydrogens (tertiary/aromatic N) is 4. The molecular weight excluding hydrogens is 518 g/mol. The number of ether oxygens (including phenoxy) is 1. The van der Waals surface area contributed by atoms with Gasteiger partial charge in [0, 0.05) is 37.1 Å². The molecule has 0 saturated heterocycles. The van der Waals surface area contributed by atoms with E-state index in [1.807, 2.05) is 20.8 Å². The van der Waals surface area contributed by atoms with Gasteiger partial charge in [-0.05, 0) is 38.8 Å². The number of aromatic amines is 1. The second-order valence-corrected chi connectivity index (χ2v) is 9.92. The summed E-state index contributed by atoms with van der Waals surface area (Å²) in [6.45, 7) is 8.78. The topological polar surface area (TPSA) is 160 Å². The lowest BCUT2D eigenvalue weighted by atomic mass is 10.1. The van der Waals surface area contributed by atoms with Gasteiger partial charge < -0.3 is 24.8 Å². The predicted molar refractivity (Wildman–Crippen MR) is 146 cm³/mol. The molecule has 1 aliphatic heterocycles. The molecule has 4 rings (SSSR count). The molecule has 0 spiro atoms. The van der Waals surface area contributed by atoms with Crippen molar-refractivity contribution in [3.05, 3.63) is 62.1 Å². The molecule has 13 nitrogen and oxygen atoms in total. The van der Waals surface area contributed by atoms with Crippen LogP contribution in [0.2, 0.25) is 0 Å². The van der Waals surface area contributed by atoms with Gasteiger partial charge in [-0.15, -0.1) is 0 Å². The maximum Gasteiger partial charge on any atom is 0.347 e. The van der Waals surface area contributed by atoms with Crippen molar-refractivity contribution in [2.24, 2.45) is 0 Å². The summed E-state index contributed by atoms with van der Waals surface area (Å²) in [6.07, 6.45) is 3.40. The molecule has 40 heavy (non-hydrogen) atoms. The van der Waals surface area contributed by atoms with Crippen molar-refractivity contribution in [2.45, 2.75) is 72.1 Å². The zero-order valence-corrected chi connectivity index (χ0v) is 23.2. The highest BCUT2D eigenvalue weighted by Crippen LogP contribution is 2.24. The number of hydrogen-bond acceptors (Lipinski definition) is 7. The number of carbonyl (C=O) groups is 3. The molecule has 0 bridgehead atoms. The van der Waals surface area contributed by atoms with E-state index in [1.54, 1.807) is 16.4 Å². The van der Waals surface area contributed by atoms with Crippen LogP contribution in [0.1, 0.15) is 73.5 Å². The number of rotatable bonds is 11. The first-order valence-electron chi connectivity index (χ1n) is 13.5. The van der Waals surface area contributed by atoms with Crippen molar-refractivity contribution in [3.8, 4) is 5.75 Å². The molecule has 3 aromatic heterocycles. The molecule has 1 aliphatic rings. The fourth-order valence-corrected chi connectivity index (χ4v) is 4.69. The second kappa shape index (κ2) is 12.2. The quantitative estimate of drug-likeness (QED) is 0.299. The van der Waals surface area contributed by atoms with E-state index >= 15 is 0 Å². The van der Waals surface area contributed by atoms with Gasteiger partial charge in [0.1, 0.15) is 6.04 Å². The third kappa shape index (κ3) is 5.63. The monoisotopic (exact) mass is 553 g/mol. The zero-order valence-electron chi connectivity index (χ0n) is 23.2. The third-order valence-corrected chi connectivity index (χ3v) is 6.91. The molecule has 3 amide bonds. The molecule has 0 aromatic carbocycles. The summed E-state index contributed by atoms with van der Waals surface area (Å²) < 4.78 is 8.72. The Morgan fingerprint density at radius 1 is 1.18 bits per heavy atom. The Labute approximate surface area is 230 Å². The van der Waals surface area contributed by atoms with E-state index in [2.05, 4.69) is 20.8 Å². The molecule has 4 heterocycles. The van der Waals surface area contributed by atoms with Gasteiger partial charge in [0.15, 0.2) is 17.1 Å². The van der Waals surface area contributed by atoms with Crippen LogP contribution >= 0.6 is 0 Å². The van der Waals surface area contributed by atoms with E-state index in [0.29, 0.717) is 25.4 Å². The first-order chi connectivity index (χ1) is 19.2. The lowest BCUT2D eigenvalue weighted by molar-refractivity contribution is -0.123. The maximum absolute atomic E-state index is 13.4. The number of pyridine rings is 2. The summed E-state index contributed by atoms with van der Waals surface area (Å²) in [5, 5.41) is 11.7. The summed E-state index contributed by atoms with van der Waals surface area (Å²) in [6, 6.07) is 3.50. The van der Waals surface area contributed by atoms with Crippen LogP contribution < -0.4 is 26.5 Å². The van der Waals surface area contributed by atoms with E-state index in [0.717, 1.165) is 12.8 Å². The fraction of sp³-hybridized carbons (Fsp3) is 0.481. The lowest BCUT2D eigenvalue weighted by Crippen LogP contribution is -2.48. The molecule has 3 N–H and O–H groups in total. The van der Waals surface area contributed by atoms with E-state index in [-0.39, 0.29) is 47.6 Å². The van der Waals surface area contributed by atoms with Gasteiger partial charge in [0.05, 0.1) is 18.7 Å². The van der Waals surface area contributed by atoms with Crippen LogP contribution in [0, 0.1) is 0 Å². The Morgan fingerprint density at radius 2 is 1.95 bits per heavy atom. The molecule has 0 aliphatic carbocycles. The highest BCUT2D eigenvalue weighted by molar-refractivity contribution is 6.02. The summed E-state index contributed by atoms with van der Waals surface area (Å²) in [5.41, 5.74) is 0.0375. The maximum atomic E-state index is 13.4. The number of nitrogens with one attached hydrogen (secondary N) is 3. The van der Waals surface area contributed by atoms with E-state index < -0.39 is 29.0 Å². The largest absolute Gasteiger partial charge is 0.487 e. The molecule has 1 unspecified atom stereocenters. The normalized spacial score (nSPS) is 13.8. The van der Waals surface area contributed by atoms with Gasteiger partial charge in [-0.3, -0.25) is 19.2 Å². The van der Waals surface area contributed by atoms with Crippen molar-refractivity contribution in [1.29, 1.82) is 0 Å². The standard InChI is InChI=1S/C27H35N7O6/c1-5-7-13-40-22-20(35)14-17(33-12-11-32(16(3)4)26(38)21(22)33)15-28-25(37)19(6-2)29-24(36)18-9-8-10-34-23(18)30-31-27(34)39/h8-10,14,16,19H,5-7,11-13,15H2,1-4H3,(H,28,37)(H,29,36)(H,31,39). The molecule has 13 heteroatoms. The Morgan fingerprint density at radius 3 is 2.65 bits per heavy atom. The SMILES string of the molecule is CCCCOc1c2n(c(CNC(=O)C(CC)NC(=O)c3cccn4c(=O)[nH]nc34)cc1=O)CCN(C(C)C)C2=O. The van der Waals surface area contributed by atoms with Crippen LogP contribution in [0.5, 0.6) is 5.75 Å². The molecule has 214 valence electrons. The van der Waals surface area contributed by atoms with Gasteiger partial charge in [0.25, 0.3) is 11.8 Å². The number of hydrogen-bond donors (Lipinski definition) is 3. The Hall–Kier alpha value is -4.42. The average Bonchev–Trinajstić information content (AvgIpc) is 3.32. The van der Waals surface area contributed by atoms with E-state index in [9.17, 15) is 24.0 Å². The van der Waals surface area contributed by atoms with Crippen LogP contribution in [0.15, 0.2) is 34.0 Å². The molecule has 0 saturated carbocycles. The zero-order chi connectivity index (χ0) is 29.0. The minimum Gasteiger partial charge on any atom is -0.487 e. The van der Waals surface area contributed by atoms with Crippen LogP contribution in [-0.2, 0) is 17.9 Å². The van der Waals surface area contributed by atoms with Gasteiger partial charge in [-0.2, -0.15) is 5.10 Å². The first kappa shape index (κ1) is 28.6. The Balaban J connectivity index is 1.54. The van der Waals surface area contributed by atoms with Crippen molar-refractivity contribution in [1.82, 2.24) is 34.7 Å². The number of fused-ring (bicyclic) bond motifs is 2. The van der Waals surface area contributed by atoms with Crippen molar-refractivity contribution in [2.75, 3.05) is 13.2 Å². The minimum atomic E-state index is -0.888.